The number of hydrogen-bond acceptors (Lipinski definition) is 3. The molecular weight excluding hydrogens is 269 g/mol. The number of alkyl halides is 3. The summed E-state index contributed by atoms with van der Waals surface area (Å²) in [6.07, 6.45) is 0.0568. The molecule has 108 valence electrons. The van der Waals surface area contributed by atoms with Crippen LogP contribution in [0.3, 0.4) is 0 Å². The van der Waals surface area contributed by atoms with Crippen LogP contribution in [0.2, 0.25) is 0 Å². The Morgan fingerprint density at radius 3 is 2.85 bits per heavy atom. The monoisotopic (exact) mass is 284 g/mol. The molecule has 0 saturated heterocycles. The van der Waals surface area contributed by atoms with Crippen molar-refractivity contribution in [3.8, 4) is 0 Å². The maximum Gasteiger partial charge on any atom is 0.390 e. The number of rotatable bonds is 4. The summed E-state index contributed by atoms with van der Waals surface area (Å²) < 4.78 is 38.1. The van der Waals surface area contributed by atoms with Crippen LogP contribution < -0.4 is 5.32 Å². The smallest absolute Gasteiger partial charge is 0.382 e. The van der Waals surface area contributed by atoms with Gasteiger partial charge < -0.3 is 5.32 Å². The van der Waals surface area contributed by atoms with E-state index in [1.807, 2.05) is 19.9 Å². The number of halogens is 3. The molecule has 0 aromatic carbocycles. The van der Waals surface area contributed by atoms with Gasteiger partial charge in [-0.25, -0.2) is 9.50 Å². The van der Waals surface area contributed by atoms with Crippen LogP contribution in [0.4, 0.5) is 18.9 Å². The minimum Gasteiger partial charge on any atom is -0.382 e. The molecule has 0 aliphatic carbocycles. The van der Waals surface area contributed by atoms with Gasteiger partial charge in [0.1, 0.15) is 0 Å². The Labute approximate surface area is 114 Å². The topological polar surface area (TPSA) is 42.2 Å². The minimum atomic E-state index is -4.17. The van der Waals surface area contributed by atoms with Crippen molar-refractivity contribution < 1.29 is 13.2 Å². The van der Waals surface area contributed by atoms with E-state index in [0.717, 1.165) is 5.57 Å². The first-order chi connectivity index (χ1) is 9.40. The Kier molecular flexibility index (Phi) is 3.96. The van der Waals surface area contributed by atoms with E-state index in [2.05, 4.69) is 15.4 Å². The van der Waals surface area contributed by atoms with Crippen molar-refractivity contribution in [1.29, 1.82) is 0 Å². The van der Waals surface area contributed by atoms with Gasteiger partial charge in [0.2, 0.25) is 0 Å². The zero-order valence-electron chi connectivity index (χ0n) is 11.2. The second-order valence-corrected chi connectivity index (χ2v) is 4.40. The molecule has 2 rings (SSSR count). The molecule has 4 nitrogen and oxygen atoms in total. The van der Waals surface area contributed by atoms with E-state index in [-0.39, 0.29) is 6.54 Å². The van der Waals surface area contributed by atoms with Crippen LogP contribution >= 0.6 is 0 Å². The van der Waals surface area contributed by atoms with E-state index in [1.165, 1.54) is 0 Å². The first-order valence-electron chi connectivity index (χ1n) is 6.19. The molecule has 2 aromatic rings. The van der Waals surface area contributed by atoms with Crippen molar-refractivity contribution in [2.45, 2.75) is 26.4 Å². The van der Waals surface area contributed by atoms with Gasteiger partial charge in [0, 0.05) is 18.9 Å². The van der Waals surface area contributed by atoms with Crippen LogP contribution in [-0.4, -0.2) is 27.3 Å². The van der Waals surface area contributed by atoms with Gasteiger partial charge in [0.25, 0.3) is 0 Å². The van der Waals surface area contributed by atoms with Gasteiger partial charge in [-0.1, -0.05) is 6.08 Å². The van der Waals surface area contributed by atoms with Crippen molar-refractivity contribution in [1.82, 2.24) is 14.6 Å². The van der Waals surface area contributed by atoms with Gasteiger partial charge in [-0.2, -0.15) is 18.3 Å². The molecule has 0 saturated carbocycles. The molecule has 1 N–H and O–H groups in total. The van der Waals surface area contributed by atoms with Crippen LogP contribution in [0.5, 0.6) is 0 Å². The summed E-state index contributed by atoms with van der Waals surface area (Å²) in [4.78, 5) is 4.10. The number of anilines is 1. The predicted molar refractivity (Wildman–Crippen MR) is 71.5 cm³/mol. The summed E-state index contributed by atoms with van der Waals surface area (Å²) in [6.45, 7) is 3.58. The molecule has 0 atom stereocenters. The molecule has 7 heteroatoms. The quantitative estimate of drug-likeness (QED) is 0.934. The molecule has 0 amide bonds. The van der Waals surface area contributed by atoms with Gasteiger partial charge in [-0.3, -0.25) is 0 Å². The molecule has 0 fully saturated rings. The van der Waals surface area contributed by atoms with Crippen LogP contribution in [-0.2, 0) is 0 Å². The Morgan fingerprint density at radius 1 is 1.45 bits per heavy atom. The summed E-state index contributed by atoms with van der Waals surface area (Å²) in [7, 11) is 0. The first-order valence-corrected chi connectivity index (χ1v) is 6.19. The van der Waals surface area contributed by atoms with Crippen LogP contribution in [0.1, 0.15) is 26.0 Å². The molecule has 20 heavy (non-hydrogen) atoms. The maximum absolute atomic E-state index is 12.2. The zero-order chi connectivity index (χ0) is 14.8. The average molecular weight is 284 g/mol. The normalized spacial score (nSPS) is 12.9. The average Bonchev–Trinajstić information content (AvgIpc) is 2.84. The van der Waals surface area contributed by atoms with E-state index >= 15 is 0 Å². The SMILES string of the molecule is C/C=C(\C)c1cc(NCCC(F)(F)F)c2nccn2n1. The highest BCUT2D eigenvalue weighted by Crippen LogP contribution is 2.22. The number of aromatic nitrogens is 3. The Hall–Kier alpha value is -2.05. The highest BCUT2D eigenvalue weighted by Gasteiger charge is 2.26. The predicted octanol–water partition coefficient (Wildman–Crippen LogP) is 3.52. The highest BCUT2D eigenvalue weighted by atomic mass is 19.4. The number of fused-ring (bicyclic) bond motifs is 1. The number of imidazole rings is 1. The van der Waals surface area contributed by atoms with Crippen molar-refractivity contribution in [3.63, 3.8) is 0 Å². The lowest BCUT2D eigenvalue weighted by atomic mass is 10.2. The number of nitrogens with zero attached hydrogens (tertiary/aromatic N) is 3. The standard InChI is InChI=1S/C13H15F3N4/c1-3-9(2)10-8-11(17-5-4-13(14,15)16)12-18-6-7-20(12)19-10/h3,6-8,17H,4-5H2,1-2H3/b9-3+. The lowest BCUT2D eigenvalue weighted by Crippen LogP contribution is -2.15. The van der Waals surface area contributed by atoms with Crippen molar-refractivity contribution >= 4 is 16.9 Å². The molecule has 0 aliphatic heterocycles. The van der Waals surface area contributed by atoms with Crippen molar-refractivity contribution in [3.05, 3.63) is 30.2 Å². The summed E-state index contributed by atoms with van der Waals surface area (Å²) in [5.74, 6) is 0. The Balaban J connectivity index is 2.28. The van der Waals surface area contributed by atoms with Crippen molar-refractivity contribution in [2.24, 2.45) is 0 Å². The van der Waals surface area contributed by atoms with Crippen LogP contribution in [0, 0.1) is 0 Å². The fourth-order valence-electron chi connectivity index (χ4n) is 1.73. The molecule has 0 spiro atoms. The molecule has 0 aliphatic rings. The lowest BCUT2D eigenvalue weighted by molar-refractivity contribution is -0.131. The Bertz CT molecular complexity index is 628. The third-order valence-corrected chi connectivity index (χ3v) is 2.92. The van der Waals surface area contributed by atoms with Gasteiger partial charge in [0.05, 0.1) is 17.8 Å². The zero-order valence-corrected chi connectivity index (χ0v) is 11.2. The Morgan fingerprint density at radius 2 is 2.20 bits per heavy atom. The summed E-state index contributed by atoms with van der Waals surface area (Å²) >= 11 is 0. The number of allylic oxidation sites excluding steroid dienone is 2. The number of hydrogen-bond donors (Lipinski definition) is 1. The van der Waals surface area contributed by atoms with Gasteiger partial charge in [-0.05, 0) is 25.5 Å². The maximum atomic E-state index is 12.2. The highest BCUT2D eigenvalue weighted by molar-refractivity contribution is 5.72. The van der Waals surface area contributed by atoms with E-state index in [0.29, 0.717) is 17.0 Å². The summed E-state index contributed by atoms with van der Waals surface area (Å²) in [6, 6.07) is 1.72. The molecule has 2 heterocycles. The second kappa shape index (κ2) is 5.52. The van der Waals surface area contributed by atoms with Gasteiger partial charge >= 0.3 is 6.18 Å². The second-order valence-electron chi connectivity index (χ2n) is 4.40. The molecule has 0 radical (unpaired) electrons. The third kappa shape index (κ3) is 3.28. The fourth-order valence-corrected chi connectivity index (χ4v) is 1.73. The molecule has 0 bridgehead atoms. The lowest BCUT2D eigenvalue weighted by Gasteiger charge is -2.11. The number of nitrogens with one attached hydrogen (secondary N) is 1. The van der Waals surface area contributed by atoms with Crippen LogP contribution in [0.15, 0.2) is 24.5 Å². The van der Waals surface area contributed by atoms with Gasteiger partial charge in [-0.15, -0.1) is 0 Å². The summed E-state index contributed by atoms with van der Waals surface area (Å²) in [5.41, 5.74) is 2.71. The fraction of sp³-hybridized carbons (Fsp3) is 0.385. The van der Waals surface area contributed by atoms with Gasteiger partial charge in [0.15, 0.2) is 5.65 Å². The van der Waals surface area contributed by atoms with E-state index in [9.17, 15) is 13.2 Å². The van der Waals surface area contributed by atoms with Crippen molar-refractivity contribution in [2.75, 3.05) is 11.9 Å². The largest absolute Gasteiger partial charge is 0.390 e. The van der Waals surface area contributed by atoms with E-state index < -0.39 is 12.6 Å². The van der Waals surface area contributed by atoms with E-state index in [1.54, 1.807) is 23.0 Å². The minimum absolute atomic E-state index is 0.190. The van der Waals surface area contributed by atoms with Crippen LogP contribution in [0.25, 0.3) is 11.2 Å². The first kappa shape index (κ1) is 14.4. The molecule has 0 unspecified atom stereocenters. The van der Waals surface area contributed by atoms with E-state index in [4.69, 9.17) is 0 Å². The third-order valence-electron chi connectivity index (χ3n) is 2.92. The summed E-state index contributed by atoms with van der Waals surface area (Å²) in [5, 5.41) is 7.13. The molecular formula is C13H15F3N4. The molecule has 2 aromatic heterocycles.